The van der Waals surface area contributed by atoms with Gasteiger partial charge in [0.05, 0.1) is 0 Å². The van der Waals surface area contributed by atoms with Gasteiger partial charge in [-0.25, -0.2) is 0 Å². The third-order valence-electron chi connectivity index (χ3n) is 3.26. The van der Waals surface area contributed by atoms with E-state index < -0.39 is 0 Å². The van der Waals surface area contributed by atoms with E-state index in [9.17, 15) is 0 Å². The van der Waals surface area contributed by atoms with E-state index in [0.29, 0.717) is 0 Å². The standard InChI is InChI=1S/C11H12/c1-2-8-6-10-4-5-11(10)7-9(8)3-1/h1-3,6,9,11H,4-5,7H2. The molecule has 56 valence electrons. The summed E-state index contributed by atoms with van der Waals surface area (Å²) in [6, 6.07) is 0. The maximum Gasteiger partial charge on any atom is 0.00267 e. The summed E-state index contributed by atoms with van der Waals surface area (Å²) in [5.41, 5.74) is 3.28. The first kappa shape index (κ1) is 5.82. The zero-order valence-corrected chi connectivity index (χ0v) is 6.59. The van der Waals surface area contributed by atoms with Crippen molar-refractivity contribution in [3.05, 3.63) is 35.5 Å². The molecule has 3 aliphatic rings. The van der Waals surface area contributed by atoms with Gasteiger partial charge in [-0.3, -0.25) is 0 Å². The van der Waals surface area contributed by atoms with Crippen molar-refractivity contribution in [3.63, 3.8) is 0 Å². The van der Waals surface area contributed by atoms with Crippen LogP contribution in [0.1, 0.15) is 19.3 Å². The predicted octanol–water partition coefficient (Wildman–Crippen LogP) is 2.84. The molecule has 3 rings (SSSR count). The van der Waals surface area contributed by atoms with Crippen LogP contribution in [0.4, 0.5) is 0 Å². The summed E-state index contributed by atoms with van der Waals surface area (Å²) in [6.45, 7) is 0. The Bertz CT molecular complexity index is 278. The zero-order valence-electron chi connectivity index (χ0n) is 6.59. The van der Waals surface area contributed by atoms with Gasteiger partial charge in [0.25, 0.3) is 0 Å². The van der Waals surface area contributed by atoms with Crippen molar-refractivity contribution in [2.75, 3.05) is 0 Å². The maximum absolute atomic E-state index is 2.43. The van der Waals surface area contributed by atoms with E-state index in [0.717, 1.165) is 11.8 Å². The van der Waals surface area contributed by atoms with Gasteiger partial charge >= 0.3 is 0 Å². The number of rotatable bonds is 0. The molecule has 0 saturated heterocycles. The molecule has 0 aliphatic heterocycles. The minimum absolute atomic E-state index is 0.782. The molecular formula is C11H12. The van der Waals surface area contributed by atoms with Gasteiger partial charge in [0, 0.05) is 5.92 Å². The Morgan fingerprint density at radius 2 is 2.36 bits per heavy atom. The van der Waals surface area contributed by atoms with Crippen molar-refractivity contribution in [1.29, 1.82) is 0 Å². The molecule has 0 amide bonds. The molecule has 2 atom stereocenters. The van der Waals surface area contributed by atoms with Crippen LogP contribution in [0, 0.1) is 11.8 Å². The van der Waals surface area contributed by atoms with Crippen molar-refractivity contribution in [2.24, 2.45) is 11.8 Å². The van der Waals surface area contributed by atoms with Gasteiger partial charge in [-0.2, -0.15) is 0 Å². The molecule has 1 fully saturated rings. The van der Waals surface area contributed by atoms with Crippen LogP contribution in [0.15, 0.2) is 35.5 Å². The smallest absolute Gasteiger partial charge is 0.00267 e. The van der Waals surface area contributed by atoms with Crippen LogP contribution in [-0.4, -0.2) is 0 Å². The molecule has 3 aliphatic carbocycles. The van der Waals surface area contributed by atoms with Crippen LogP contribution < -0.4 is 0 Å². The minimum Gasteiger partial charge on any atom is -0.0770 e. The fraction of sp³-hybridized carbons (Fsp3) is 0.455. The van der Waals surface area contributed by atoms with Crippen LogP contribution in [0.25, 0.3) is 0 Å². The highest BCUT2D eigenvalue weighted by Crippen LogP contribution is 2.46. The van der Waals surface area contributed by atoms with Crippen LogP contribution >= 0.6 is 0 Å². The lowest BCUT2D eigenvalue weighted by Gasteiger charge is -2.36. The number of allylic oxidation sites excluding steroid dienone is 6. The second-order valence-corrected chi connectivity index (χ2v) is 3.85. The van der Waals surface area contributed by atoms with Crippen molar-refractivity contribution < 1.29 is 0 Å². The van der Waals surface area contributed by atoms with Gasteiger partial charge in [-0.05, 0) is 30.8 Å². The predicted molar refractivity (Wildman–Crippen MR) is 46.1 cm³/mol. The molecule has 2 unspecified atom stereocenters. The van der Waals surface area contributed by atoms with Crippen LogP contribution in [0.3, 0.4) is 0 Å². The molecule has 0 heteroatoms. The van der Waals surface area contributed by atoms with Gasteiger partial charge in [-0.1, -0.05) is 29.9 Å². The average molecular weight is 144 g/mol. The number of hydrogen-bond acceptors (Lipinski definition) is 0. The summed E-state index contributed by atoms with van der Waals surface area (Å²) in [4.78, 5) is 0. The average Bonchev–Trinajstić information content (AvgIpc) is 2.40. The highest BCUT2D eigenvalue weighted by Gasteiger charge is 2.32. The van der Waals surface area contributed by atoms with Gasteiger partial charge in [-0.15, -0.1) is 0 Å². The van der Waals surface area contributed by atoms with E-state index in [4.69, 9.17) is 0 Å². The molecule has 0 heterocycles. The Morgan fingerprint density at radius 3 is 3.18 bits per heavy atom. The molecule has 11 heavy (non-hydrogen) atoms. The third kappa shape index (κ3) is 0.699. The van der Waals surface area contributed by atoms with Crippen molar-refractivity contribution in [2.45, 2.75) is 19.3 Å². The minimum atomic E-state index is 0.782. The Hall–Kier alpha value is -0.780. The second-order valence-electron chi connectivity index (χ2n) is 3.85. The molecule has 0 N–H and O–H groups in total. The van der Waals surface area contributed by atoms with Crippen LogP contribution in [0.2, 0.25) is 0 Å². The van der Waals surface area contributed by atoms with Crippen molar-refractivity contribution in [1.82, 2.24) is 0 Å². The monoisotopic (exact) mass is 144 g/mol. The topological polar surface area (TPSA) is 0 Å². The lowest BCUT2D eigenvalue weighted by Crippen LogP contribution is -2.23. The normalized spacial score (nSPS) is 38.5. The summed E-state index contributed by atoms with van der Waals surface area (Å²) in [5, 5.41) is 0. The molecule has 0 radical (unpaired) electrons. The highest BCUT2D eigenvalue weighted by molar-refractivity contribution is 5.42. The quantitative estimate of drug-likeness (QED) is 0.490. The van der Waals surface area contributed by atoms with Crippen molar-refractivity contribution >= 4 is 0 Å². The first-order valence-electron chi connectivity index (χ1n) is 4.52. The molecule has 1 saturated carbocycles. The lowest BCUT2D eigenvalue weighted by atomic mass is 9.69. The van der Waals surface area contributed by atoms with Gasteiger partial charge in [0.15, 0.2) is 0 Å². The molecule has 0 spiro atoms. The van der Waals surface area contributed by atoms with Crippen LogP contribution in [0.5, 0.6) is 0 Å². The third-order valence-corrected chi connectivity index (χ3v) is 3.26. The first-order chi connectivity index (χ1) is 5.43. The zero-order chi connectivity index (χ0) is 7.26. The molecule has 0 aromatic heterocycles. The van der Waals surface area contributed by atoms with E-state index in [1.165, 1.54) is 19.3 Å². The Morgan fingerprint density at radius 1 is 1.36 bits per heavy atom. The molecule has 0 nitrogen and oxygen atoms in total. The summed E-state index contributed by atoms with van der Waals surface area (Å²) >= 11 is 0. The maximum atomic E-state index is 2.43. The Labute approximate surface area is 67.3 Å². The van der Waals surface area contributed by atoms with Gasteiger partial charge in [0.2, 0.25) is 0 Å². The summed E-state index contributed by atoms with van der Waals surface area (Å²) in [5.74, 6) is 1.74. The lowest BCUT2D eigenvalue weighted by molar-refractivity contribution is 0.372. The molecule has 0 bridgehead atoms. The van der Waals surface area contributed by atoms with Crippen molar-refractivity contribution in [3.8, 4) is 0 Å². The molecule has 0 aromatic carbocycles. The largest absolute Gasteiger partial charge is 0.0770 e. The van der Waals surface area contributed by atoms with E-state index in [2.05, 4.69) is 24.3 Å². The summed E-state index contributed by atoms with van der Waals surface area (Å²) in [7, 11) is 0. The fourth-order valence-electron chi connectivity index (χ4n) is 2.40. The second kappa shape index (κ2) is 1.88. The van der Waals surface area contributed by atoms with E-state index in [-0.39, 0.29) is 0 Å². The van der Waals surface area contributed by atoms with Gasteiger partial charge in [0.1, 0.15) is 0 Å². The van der Waals surface area contributed by atoms with Crippen LogP contribution in [-0.2, 0) is 0 Å². The number of fused-ring (bicyclic) bond motifs is 2. The molecule has 0 aromatic rings. The van der Waals surface area contributed by atoms with Gasteiger partial charge < -0.3 is 0 Å². The molecular weight excluding hydrogens is 132 g/mol. The highest BCUT2D eigenvalue weighted by atomic mass is 14.4. The first-order valence-corrected chi connectivity index (χ1v) is 4.52. The summed E-state index contributed by atoms with van der Waals surface area (Å²) in [6.07, 6.45) is 13.5. The SMILES string of the molecule is C1=CC2CC3CCC3=CC2=C1. The number of hydrogen-bond donors (Lipinski definition) is 0. The Balaban J connectivity index is 2.01. The van der Waals surface area contributed by atoms with E-state index in [1.54, 1.807) is 11.1 Å². The fourth-order valence-corrected chi connectivity index (χ4v) is 2.40. The Kier molecular flexibility index (Phi) is 0.993. The van der Waals surface area contributed by atoms with E-state index in [1.807, 2.05) is 0 Å². The van der Waals surface area contributed by atoms with E-state index >= 15 is 0 Å². The summed E-state index contributed by atoms with van der Waals surface area (Å²) < 4.78 is 0.